The van der Waals surface area contributed by atoms with Gasteiger partial charge in [-0.15, -0.1) is 12.4 Å². The second-order valence-corrected chi connectivity index (χ2v) is 6.15. The number of benzene rings is 1. The molecule has 1 heterocycles. The van der Waals surface area contributed by atoms with Crippen LogP contribution in [0.3, 0.4) is 0 Å². The van der Waals surface area contributed by atoms with Gasteiger partial charge >= 0.3 is 0 Å². The van der Waals surface area contributed by atoms with Crippen molar-refractivity contribution in [2.45, 2.75) is 31.8 Å². The smallest absolute Gasteiger partial charge is 0.244 e. The Morgan fingerprint density at radius 1 is 1.43 bits per heavy atom. The van der Waals surface area contributed by atoms with E-state index in [4.69, 9.17) is 5.73 Å². The fourth-order valence-electron chi connectivity index (χ4n) is 2.74. The molecule has 0 radical (unpaired) electrons. The Labute approximate surface area is 131 Å². The highest BCUT2D eigenvalue weighted by atomic mass is 35.5. The minimum atomic E-state index is -0.361. The lowest BCUT2D eigenvalue weighted by molar-refractivity contribution is -0.121. The molecule has 2 rings (SSSR count). The molecule has 1 atom stereocenters. The minimum Gasteiger partial charge on any atom is -0.324 e. The largest absolute Gasteiger partial charge is 0.324 e. The van der Waals surface area contributed by atoms with Crippen LogP contribution in [0.15, 0.2) is 24.3 Å². The Morgan fingerprint density at radius 2 is 2.05 bits per heavy atom. The predicted octanol–water partition coefficient (Wildman–Crippen LogP) is 2.02. The van der Waals surface area contributed by atoms with Gasteiger partial charge in [0.1, 0.15) is 5.82 Å². The number of hydrogen-bond acceptors (Lipinski definition) is 3. The second kappa shape index (κ2) is 6.73. The van der Waals surface area contributed by atoms with E-state index in [1.807, 2.05) is 25.8 Å². The molecule has 0 aromatic heterocycles. The van der Waals surface area contributed by atoms with Gasteiger partial charge in [0.05, 0.1) is 11.7 Å². The third-order valence-electron chi connectivity index (χ3n) is 3.51. The molecule has 1 amide bonds. The van der Waals surface area contributed by atoms with E-state index in [0.29, 0.717) is 25.2 Å². The second-order valence-electron chi connectivity index (χ2n) is 6.15. The molecule has 4 nitrogen and oxygen atoms in total. The minimum absolute atomic E-state index is 0. The maximum atomic E-state index is 13.8. The van der Waals surface area contributed by atoms with Crippen molar-refractivity contribution in [3.8, 4) is 0 Å². The van der Waals surface area contributed by atoms with Crippen LogP contribution in [0.4, 0.5) is 10.1 Å². The summed E-state index contributed by atoms with van der Waals surface area (Å²) in [5, 5.41) is 0. The topological polar surface area (TPSA) is 49.6 Å². The van der Waals surface area contributed by atoms with Crippen LogP contribution >= 0.6 is 12.4 Å². The maximum absolute atomic E-state index is 13.8. The van der Waals surface area contributed by atoms with E-state index in [1.54, 1.807) is 18.2 Å². The molecular weight excluding hydrogens is 293 g/mol. The number of rotatable bonds is 4. The molecule has 1 aromatic rings. The van der Waals surface area contributed by atoms with Crippen LogP contribution < -0.4 is 10.6 Å². The average molecular weight is 316 g/mol. The number of anilines is 1. The van der Waals surface area contributed by atoms with Gasteiger partial charge in [0.25, 0.3) is 0 Å². The van der Waals surface area contributed by atoms with Gasteiger partial charge in [-0.05, 0) is 39.4 Å². The number of nitrogens with two attached hydrogens (primary N) is 1. The number of carbonyl (C=O) groups excluding carboxylic acids is 1. The van der Waals surface area contributed by atoms with Crippen molar-refractivity contribution in [2.75, 3.05) is 25.0 Å². The van der Waals surface area contributed by atoms with Crippen LogP contribution in [0, 0.1) is 5.82 Å². The fraction of sp³-hybridized carbons (Fsp3) is 0.533. The molecule has 1 aromatic carbocycles. The molecule has 1 aliphatic rings. The van der Waals surface area contributed by atoms with Crippen molar-refractivity contribution in [1.29, 1.82) is 0 Å². The molecule has 0 bridgehead atoms. The quantitative estimate of drug-likeness (QED) is 0.925. The van der Waals surface area contributed by atoms with E-state index >= 15 is 0 Å². The number of hydrogen-bond donors (Lipinski definition) is 1. The summed E-state index contributed by atoms with van der Waals surface area (Å²) in [7, 11) is 1.89. The summed E-state index contributed by atoms with van der Waals surface area (Å²) in [5.74, 6) is -0.412. The van der Waals surface area contributed by atoms with Crippen LogP contribution in [0.1, 0.15) is 20.3 Å². The van der Waals surface area contributed by atoms with Gasteiger partial charge < -0.3 is 10.6 Å². The van der Waals surface area contributed by atoms with Crippen molar-refractivity contribution >= 4 is 24.0 Å². The lowest BCUT2D eigenvalue weighted by Crippen LogP contribution is -2.49. The summed E-state index contributed by atoms with van der Waals surface area (Å²) >= 11 is 0. The van der Waals surface area contributed by atoms with E-state index in [-0.39, 0.29) is 35.7 Å². The van der Waals surface area contributed by atoms with Crippen LogP contribution in [0.2, 0.25) is 0 Å². The van der Waals surface area contributed by atoms with E-state index < -0.39 is 0 Å². The SMILES string of the molecule is CN(CC(C)(C)N)C1CCN(c2ccccc2F)C1=O.Cl. The highest BCUT2D eigenvalue weighted by molar-refractivity contribution is 5.99. The number of carbonyl (C=O) groups is 1. The van der Waals surface area contributed by atoms with E-state index in [2.05, 4.69) is 0 Å². The Kier molecular flexibility index (Phi) is 5.73. The molecule has 1 aliphatic heterocycles. The molecule has 0 spiro atoms. The number of amides is 1. The standard InChI is InChI=1S/C15H22FN3O.ClH/c1-15(2,17)10-18(3)13-8-9-19(14(13)20)12-7-5-4-6-11(12)16;/h4-7,13H,8-10,17H2,1-3H3;1H. The highest BCUT2D eigenvalue weighted by Gasteiger charge is 2.37. The molecule has 0 saturated carbocycles. The van der Waals surface area contributed by atoms with Gasteiger partial charge in [-0.3, -0.25) is 9.69 Å². The predicted molar refractivity (Wildman–Crippen MR) is 85.3 cm³/mol. The molecule has 2 N–H and O–H groups in total. The summed E-state index contributed by atoms with van der Waals surface area (Å²) < 4.78 is 13.8. The van der Waals surface area contributed by atoms with E-state index in [1.165, 1.54) is 11.0 Å². The summed E-state index contributed by atoms with van der Waals surface area (Å²) in [6.45, 7) is 5.02. The highest BCUT2D eigenvalue weighted by Crippen LogP contribution is 2.26. The fourth-order valence-corrected chi connectivity index (χ4v) is 2.74. The molecule has 118 valence electrons. The molecule has 1 unspecified atom stereocenters. The number of likely N-dealkylation sites (N-methyl/N-ethyl adjacent to an activating group) is 1. The van der Waals surface area contributed by atoms with Gasteiger partial charge in [0.2, 0.25) is 5.91 Å². The first-order valence-corrected chi connectivity index (χ1v) is 6.84. The van der Waals surface area contributed by atoms with Crippen molar-refractivity contribution in [3.63, 3.8) is 0 Å². The van der Waals surface area contributed by atoms with E-state index in [9.17, 15) is 9.18 Å². The Hall–Kier alpha value is -1.17. The normalized spacial score (nSPS) is 19.0. The monoisotopic (exact) mass is 315 g/mol. The molecular formula is C15H23ClFN3O. The molecule has 1 saturated heterocycles. The summed E-state index contributed by atoms with van der Waals surface area (Å²) in [6, 6.07) is 6.16. The Balaban J connectivity index is 0.00000220. The summed E-state index contributed by atoms with van der Waals surface area (Å²) in [5.41, 5.74) is 5.99. The summed E-state index contributed by atoms with van der Waals surface area (Å²) in [4.78, 5) is 16.0. The molecule has 6 heteroatoms. The third kappa shape index (κ3) is 4.15. The zero-order chi connectivity index (χ0) is 14.9. The first kappa shape index (κ1) is 17.9. The van der Waals surface area contributed by atoms with Crippen molar-refractivity contribution < 1.29 is 9.18 Å². The first-order chi connectivity index (χ1) is 9.29. The van der Waals surface area contributed by atoms with Crippen LogP contribution in [-0.4, -0.2) is 42.5 Å². The molecule has 1 fully saturated rings. The zero-order valence-corrected chi connectivity index (χ0v) is 13.5. The lowest BCUT2D eigenvalue weighted by atomic mass is 10.1. The Morgan fingerprint density at radius 3 is 2.62 bits per heavy atom. The molecule has 21 heavy (non-hydrogen) atoms. The van der Waals surface area contributed by atoms with Gasteiger partial charge in [-0.1, -0.05) is 12.1 Å². The first-order valence-electron chi connectivity index (χ1n) is 6.84. The van der Waals surface area contributed by atoms with Gasteiger partial charge in [-0.25, -0.2) is 4.39 Å². The average Bonchev–Trinajstić information content (AvgIpc) is 2.69. The van der Waals surface area contributed by atoms with Gasteiger partial charge in [-0.2, -0.15) is 0 Å². The number of halogens is 2. The van der Waals surface area contributed by atoms with Crippen LogP contribution in [-0.2, 0) is 4.79 Å². The van der Waals surface area contributed by atoms with Crippen molar-refractivity contribution in [1.82, 2.24) is 4.90 Å². The van der Waals surface area contributed by atoms with Crippen LogP contribution in [0.25, 0.3) is 0 Å². The van der Waals surface area contributed by atoms with Gasteiger partial charge in [0, 0.05) is 18.6 Å². The third-order valence-corrected chi connectivity index (χ3v) is 3.51. The zero-order valence-electron chi connectivity index (χ0n) is 12.7. The van der Waals surface area contributed by atoms with E-state index in [0.717, 1.165) is 0 Å². The van der Waals surface area contributed by atoms with Crippen molar-refractivity contribution in [3.05, 3.63) is 30.1 Å². The maximum Gasteiger partial charge on any atom is 0.244 e. The van der Waals surface area contributed by atoms with Crippen molar-refractivity contribution in [2.24, 2.45) is 5.73 Å². The van der Waals surface area contributed by atoms with Gasteiger partial charge in [0.15, 0.2) is 0 Å². The van der Waals surface area contributed by atoms with Crippen LogP contribution in [0.5, 0.6) is 0 Å². The number of para-hydroxylation sites is 1. The summed E-state index contributed by atoms with van der Waals surface area (Å²) in [6.07, 6.45) is 0.694. The Bertz CT molecular complexity index is 504. The number of nitrogens with zero attached hydrogens (tertiary/aromatic N) is 2. The molecule has 0 aliphatic carbocycles. The lowest BCUT2D eigenvalue weighted by Gasteiger charge is -2.30.